The number of halogens is 2. The molecule has 0 bridgehead atoms. The van der Waals surface area contributed by atoms with Crippen LogP contribution < -0.4 is 5.73 Å². The minimum absolute atomic E-state index is 0.0667. The topological polar surface area (TPSA) is 59.4 Å². The molecule has 1 unspecified atom stereocenters. The Morgan fingerprint density at radius 3 is 2.61 bits per heavy atom. The van der Waals surface area contributed by atoms with E-state index < -0.39 is 0 Å². The van der Waals surface area contributed by atoms with Crippen LogP contribution >= 0.6 is 23.2 Å². The molecule has 2 aromatic rings. The average molecular weight is 286 g/mol. The zero-order chi connectivity index (χ0) is 13.1. The van der Waals surface area contributed by atoms with E-state index in [0.717, 1.165) is 11.3 Å². The number of furan rings is 1. The van der Waals surface area contributed by atoms with Gasteiger partial charge in [0.15, 0.2) is 0 Å². The van der Waals surface area contributed by atoms with Crippen LogP contribution in [-0.4, -0.2) is 17.8 Å². The summed E-state index contributed by atoms with van der Waals surface area (Å²) in [5, 5.41) is 9.88. The molecule has 0 spiro atoms. The zero-order valence-electron chi connectivity index (χ0n) is 9.57. The molecule has 96 valence electrons. The van der Waals surface area contributed by atoms with Gasteiger partial charge in [0.1, 0.15) is 11.5 Å². The summed E-state index contributed by atoms with van der Waals surface area (Å²) in [7, 11) is 0. The van der Waals surface area contributed by atoms with E-state index in [4.69, 9.17) is 38.5 Å². The first kappa shape index (κ1) is 13.4. The number of aliphatic hydroxyl groups excluding tert-OH is 1. The van der Waals surface area contributed by atoms with Crippen molar-refractivity contribution in [1.29, 1.82) is 0 Å². The fourth-order valence-corrected chi connectivity index (χ4v) is 1.91. The highest BCUT2D eigenvalue weighted by molar-refractivity contribution is 6.42. The Bertz CT molecular complexity index is 540. The molecule has 0 radical (unpaired) electrons. The van der Waals surface area contributed by atoms with E-state index in [2.05, 4.69) is 0 Å². The van der Waals surface area contributed by atoms with Crippen LogP contribution in [0.2, 0.25) is 10.0 Å². The summed E-state index contributed by atoms with van der Waals surface area (Å²) in [4.78, 5) is 0. The summed E-state index contributed by atoms with van der Waals surface area (Å²) < 4.78 is 5.64. The van der Waals surface area contributed by atoms with Gasteiger partial charge in [-0.3, -0.25) is 0 Å². The molecule has 2 rings (SSSR count). The lowest BCUT2D eigenvalue weighted by Gasteiger charge is -2.04. The molecule has 0 saturated carbocycles. The highest BCUT2D eigenvalue weighted by Crippen LogP contribution is 2.29. The van der Waals surface area contributed by atoms with Crippen molar-refractivity contribution in [3.8, 4) is 11.3 Å². The van der Waals surface area contributed by atoms with Crippen LogP contribution in [0.25, 0.3) is 11.3 Å². The number of aliphatic hydroxyl groups is 1. The second kappa shape index (κ2) is 5.76. The smallest absolute Gasteiger partial charge is 0.134 e. The van der Waals surface area contributed by atoms with Crippen LogP contribution in [0.4, 0.5) is 0 Å². The zero-order valence-corrected chi connectivity index (χ0v) is 11.1. The first-order chi connectivity index (χ1) is 8.60. The molecule has 5 heteroatoms. The molecule has 1 heterocycles. The maximum Gasteiger partial charge on any atom is 0.134 e. The molecule has 0 aliphatic heterocycles. The van der Waals surface area contributed by atoms with Gasteiger partial charge < -0.3 is 15.3 Å². The molecule has 0 saturated heterocycles. The molecule has 1 atom stereocenters. The van der Waals surface area contributed by atoms with E-state index in [1.165, 1.54) is 0 Å². The highest BCUT2D eigenvalue weighted by Gasteiger charge is 2.09. The Balaban J connectivity index is 2.21. The van der Waals surface area contributed by atoms with Crippen molar-refractivity contribution >= 4 is 23.2 Å². The standard InChI is InChI=1S/C13H13Cl2NO2/c14-11-3-1-8(5-12(11)15)13-4-2-10(18-13)6-9(16)7-17/h1-5,9,17H,6-7,16H2. The van der Waals surface area contributed by atoms with Gasteiger partial charge in [-0.1, -0.05) is 23.2 Å². The predicted octanol–water partition coefficient (Wildman–Crippen LogP) is 3.12. The van der Waals surface area contributed by atoms with Crippen molar-refractivity contribution in [2.75, 3.05) is 6.61 Å². The van der Waals surface area contributed by atoms with Crippen LogP contribution in [0.3, 0.4) is 0 Å². The summed E-state index contributed by atoms with van der Waals surface area (Å²) in [6.07, 6.45) is 0.498. The summed E-state index contributed by atoms with van der Waals surface area (Å²) >= 11 is 11.8. The van der Waals surface area contributed by atoms with Crippen molar-refractivity contribution in [2.45, 2.75) is 12.5 Å². The van der Waals surface area contributed by atoms with Gasteiger partial charge >= 0.3 is 0 Å². The van der Waals surface area contributed by atoms with Crippen molar-refractivity contribution in [3.05, 3.63) is 46.1 Å². The Morgan fingerprint density at radius 1 is 1.17 bits per heavy atom. The number of nitrogens with two attached hydrogens (primary N) is 1. The molecular formula is C13H13Cl2NO2. The Kier molecular flexibility index (Phi) is 4.30. The lowest BCUT2D eigenvalue weighted by Crippen LogP contribution is -2.26. The normalized spacial score (nSPS) is 12.7. The maximum atomic E-state index is 8.89. The van der Waals surface area contributed by atoms with Gasteiger partial charge in [-0.25, -0.2) is 0 Å². The third-order valence-electron chi connectivity index (χ3n) is 2.56. The molecule has 1 aromatic carbocycles. The monoisotopic (exact) mass is 285 g/mol. The van der Waals surface area contributed by atoms with Crippen LogP contribution in [0, 0.1) is 0 Å². The van der Waals surface area contributed by atoms with Crippen LogP contribution in [0.15, 0.2) is 34.7 Å². The third kappa shape index (κ3) is 3.06. The lowest BCUT2D eigenvalue weighted by molar-refractivity contribution is 0.260. The van der Waals surface area contributed by atoms with E-state index in [9.17, 15) is 0 Å². The molecule has 3 N–H and O–H groups in total. The quantitative estimate of drug-likeness (QED) is 0.907. The summed E-state index contributed by atoms with van der Waals surface area (Å²) in [5.41, 5.74) is 6.50. The summed E-state index contributed by atoms with van der Waals surface area (Å²) in [5.74, 6) is 1.44. The van der Waals surface area contributed by atoms with Gasteiger partial charge in [0.25, 0.3) is 0 Å². The number of rotatable bonds is 4. The van der Waals surface area contributed by atoms with Crippen LogP contribution in [0.5, 0.6) is 0 Å². The molecule has 0 aliphatic carbocycles. The van der Waals surface area contributed by atoms with Crippen LogP contribution in [-0.2, 0) is 6.42 Å². The predicted molar refractivity (Wildman–Crippen MR) is 72.9 cm³/mol. The van der Waals surface area contributed by atoms with Crippen molar-refractivity contribution in [2.24, 2.45) is 5.73 Å². The number of hydrogen-bond acceptors (Lipinski definition) is 3. The second-order valence-electron chi connectivity index (χ2n) is 4.04. The molecule has 3 nitrogen and oxygen atoms in total. The van der Waals surface area contributed by atoms with E-state index >= 15 is 0 Å². The Labute approximate surface area is 115 Å². The second-order valence-corrected chi connectivity index (χ2v) is 4.86. The molecular weight excluding hydrogens is 273 g/mol. The van der Waals surface area contributed by atoms with Gasteiger partial charge in [-0.15, -0.1) is 0 Å². The lowest BCUT2D eigenvalue weighted by atomic mass is 10.2. The molecule has 0 amide bonds. The maximum absolute atomic E-state index is 8.89. The van der Waals surface area contributed by atoms with Crippen molar-refractivity contribution in [3.63, 3.8) is 0 Å². The van der Waals surface area contributed by atoms with Crippen molar-refractivity contribution in [1.82, 2.24) is 0 Å². The highest BCUT2D eigenvalue weighted by atomic mass is 35.5. The average Bonchev–Trinajstić information content (AvgIpc) is 2.81. The number of benzene rings is 1. The van der Waals surface area contributed by atoms with Gasteiger partial charge in [-0.05, 0) is 30.3 Å². The Hall–Kier alpha value is -1.00. The summed E-state index contributed by atoms with van der Waals surface area (Å²) in [6, 6.07) is 8.69. The van der Waals surface area contributed by atoms with Crippen LogP contribution in [0.1, 0.15) is 5.76 Å². The molecule has 18 heavy (non-hydrogen) atoms. The SMILES string of the molecule is NC(CO)Cc1ccc(-c2ccc(Cl)c(Cl)c2)o1. The minimum atomic E-state index is -0.308. The molecule has 0 aliphatic rings. The fourth-order valence-electron chi connectivity index (χ4n) is 1.62. The van der Waals surface area contributed by atoms with Gasteiger partial charge in [0, 0.05) is 18.0 Å². The number of hydrogen-bond donors (Lipinski definition) is 2. The minimum Gasteiger partial charge on any atom is -0.461 e. The van der Waals surface area contributed by atoms with E-state index in [1.54, 1.807) is 12.1 Å². The van der Waals surface area contributed by atoms with Crippen molar-refractivity contribution < 1.29 is 9.52 Å². The Morgan fingerprint density at radius 2 is 1.94 bits per heavy atom. The first-order valence-corrected chi connectivity index (χ1v) is 6.26. The molecule has 0 fully saturated rings. The fraction of sp³-hybridized carbons (Fsp3) is 0.231. The van der Waals surface area contributed by atoms with Gasteiger partial charge in [0.2, 0.25) is 0 Å². The summed E-state index contributed by atoms with van der Waals surface area (Å²) in [6.45, 7) is -0.0667. The first-order valence-electron chi connectivity index (χ1n) is 5.50. The van der Waals surface area contributed by atoms with E-state index in [0.29, 0.717) is 22.2 Å². The van der Waals surface area contributed by atoms with E-state index in [-0.39, 0.29) is 12.6 Å². The van der Waals surface area contributed by atoms with Gasteiger partial charge in [0.05, 0.1) is 16.7 Å². The largest absolute Gasteiger partial charge is 0.461 e. The molecule has 1 aromatic heterocycles. The third-order valence-corrected chi connectivity index (χ3v) is 3.30. The van der Waals surface area contributed by atoms with Gasteiger partial charge in [-0.2, -0.15) is 0 Å². The van der Waals surface area contributed by atoms with E-state index in [1.807, 2.05) is 18.2 Å².